The molecule has 0 saturated heterocycles. The summed E-state index contributed by atoms with van der Waals surface area (Å²) in [5.74, 6) is -0.819. The molecule has 0 fully saturated rings. The quantitative estimate of drug-likeness (QED) is 0.620. The summed E-state index contributed by atoms with van der Waals surface area (Å²) in [5.41, 5.74) is -0.0404. The van der Waals surface area contributed by atoms with Crippen molar-refractivity contribution >= 4 is 16.1 Å². The van der Waals surface area contributed by atoms with Crippen LogP contribution in [0.15, 0.2) is 53.4 Å². The number of ether oxygens (including phenoxy) is 2. The zero-order valence-electron chi connectivity index (χ0n) is 12.0. The van der Waals surface area contributed by atoms with Gasteiger partial charge in [-0.25, -0.2) is 4.79 Å². The Hall–Kier alpha value is -2.54. The Morgan fingerprint density at radius 3 is 2.23 bits per heavy atom. The predicted molar refractivity (Wildman–Crippen MR) is 78.6 cm³/mol. The van der Waals surface area contributed by atoms with Crippen molar-refractivity contribution in [3.8, 4) is 11.5 Å². The zero-order chi connectivity index (χ0) is 16.2. The van der Waals surface area contributed by atoms with E-state index < -0.39 is 16.1 Å². The second-order valence-electron chi connectivity index (χ2n) is 4.18. The first-order chi connectivity index (χ1) is 10.5. The van der Waals surface area contributed by atoms with Gasteiger partial charge in [-0.05, 0) is 24.3 Å². The number of rotatable bonds is 5. The van der Waals surface area contributed by atoms with Crippen molar-refractivity contribution in [1.29, 1.82) is 0 Å². The second kappa shape index (κ2) is 6.48. The molecule has 0 bridgehead atoms. The maximum atomic E-state index is 12.3. The summed E-state index contributed by atoms with van der Waals surface area (Å²) in [4.78, 5) is 11.7. The zero-order valence-corrected chi connectivity index (χ0v) is 12.8. The minimum Gasteiger partial charge on any atom is -0.493 e. The Bertz CT molecular complexity index is 768. The molecule has 0 aromatic heterocycles. The largest absolute Gasteiger partial charge is 0.493 e. The van der Waals surface area contributed by atoms with Crippen molar-refractivity contribution in [2.24, 2.45) is 0 Å². The third kappa shape index (κ3) is 3.20. The number of benzene rings is 2. The lowest BCUT2D eigenvalue weighted by Gasteiger charge is -2.13. The van der Waals surface area contributed by atoms with Crippen LogP contribution in [0.5, 0.6) is 11.5 Å². The van der Waals surface area contributed by atoms with E-state index >= 15 is 0 Å². The summed E-state index contributed by atoms with van der Waals surface area (Å²) in [6.45, 7) is 0. The maximum absolute atomic E-state index is 12.3. The summed E-state index contributed by atoms with van der Waals surface area (Å²) in [6, 6.07) is 12.0. The van der Waals surface area contributed by atoms with Gasteiger partial charge in [-0.1, -0.05) is 24.3 Å². The summed E-state index contributed by atoms with van der Waals surface area (Å²) in [7, 11) is -1.56. The number of methoxy groups -OCH3 is 2. The second-order valence-corrected chi connectivity index (χ2v) is 5.73. The molecule has 0 N–H and O–H groups in total. The van der Waals surface area contributed by atoms with E-state index in [1.807, 2.05) is 0 Å². The number of carbonyl (C=O) groups is 1. The molecule has 116 valence electrons. The van der Waals surface area contributed by atoms with Gasteiger partial charge in [0.25, 0.3) is 0 Å². The number of esters is 1. The molecule has 0 radical (unpaired) electrons. The van der Waals surface area contributed by atoms with Crippen LogP contribution in [0, 0.1) is 0 Å². The topological polar surface area (TPSA) is 78.9 Å². The lowest BCUT2D eigenvalue weighted by molar-refractivity contribution is 0.0598. The van der Waals surface area contributed by atoms with E-state index in [9.17, 15) is 13.2 Å². The fourth-order valence-corrected chi connectivity index (χ4v) is 2.76. The Balaban J connectivity index is 2.51. The monoisotopic (exact) mass is 322 g/mol. The molecule has 0 saturated carbocycles. The molecule has 0 unspecified atom stereocenters. The molecular formula is C15H14O6S. The summed E-state index contributed by atoms with van der Waals surface area (Å²) < 4.78 is 39.4. The molecule has 0 spiro atoms. The molecule has 0 amide bonds. The van der Waals surface area contributed by atoms with Crippen LogP contribution >= 0.6 is 0 Å². The molecule has 0 aliphatic rings. The molecule has 2 aromatic rings. The fraction of sp³-hybridized carbons (Fsp3) is 0.133. The van der Waals surface area contributed by atoms with Crippen molar-refractivity contribution in [3.05, 3.63) is 54.1 Å². The van der Waals surface area contributed by atoms with Gasteiger partial charge in [0.2, 0.25) is 0 Å². The van der Waals surface area contributed by atoms with Crippen LogP contribution in [-0.4, -0.2) is 28.6 Å². The molecule has 0 heterocycles. The van der Waals surface area contributed by atoms with Crippen LogP contribution in [0.4, 0.5) is 0 Å². The van der Waals surface area contributed by atoms with Gasteiger partial charge >= 0.3 is 16.1 Å². The summed E-state index contributed by atoms with van der Waals surface area (Å²) in [5, 5.41) is 0. The van der Waals surface area contributed by atoms with Gasteiger partial charge < -0.3 is 13.7 Å². The van der Waals surface area contributed by atoms with Gasteiger partial charge in [0, 0.05) is 0 Å². The summed E-state index contributed by atoms with van der Waals surface area (Å²) >= 11 is 0. The first-order valence-corrected chi connectivity index (χ1v) is 7.65. The van der Waals surface area contributed by atoms with Crippen molar-refractivity contribution in [1.82, 2.24) is 0 Å². The highest BCUT2D eigenvalue weighted by Crippen LogP contribution is 2.33. The number of carbonyl (C=O) groups excluding carboxylic acids is 1. The molecule has 0 aliphatic carbocycles. The average molecular weight is 322 g/mol. The molecule has 2 rings (SSSR count). The van der Waals surface area contributed by atoms with Crippen molar-refractivity contribution < 1.29 is 26.9 Å². The van der Waals surface area contributed by atoms with Gasteiger partial charge in [-0.15, -0.1) is 0 Å². The van der Waals surface area contributed by atoms with Crippen molar-refractivity contribution in [3.63, 3.8) is 0 Å². The Kier molecular flexibility index (Phi) is 4.67. The molecule has 7 heteroatoms. The van der Waals surface area contributed by atoms with Crippen LogP contribution in [0.3, 0.4) is 0 Å². The molecule has 6 nitrogen and oxygen atoms in total. The van der Waals surface area contributed by atoms with E-state index in [0.29, 0.717) is 0 Å². The third-order valence-electron chi connectivity index (χ3n) is 2.83. The molecule has 0 aliphatic heterocycles. The van der Waals surface area contributed by atoms with Crippen LogP contribution < -0.4 is 8.92 Å². The first kappa shape index (κ1) is 15.8. The fourth-order valence-electron chi connectivity index (χ4n) is 1.78. The van der Waals surface area contributed by atoms with E-state index in [1.54, 1.807) is 18.2 Å². The maximum Gasteiger partial charge on any atom is 0.341 e. The SMILES string of the molecule is COC(=O)c1cccc(OC)c1OS(=O)(=O)c1ccccc1. The van der Waals surface area contributed by atoms with Crippen LogP contribution in [-0.2, 0) is 14.9 Å². The van der Waals surface area contributed by atoms with Crippen LogP contribution in [0.2, 0.25) is 0 Å². The molecule has 22 heavy (non-hydrogen) atoms. The highest BCUT2D eigenvalue weighted by molar-refractivity contribution is 7.87. The van der Waals surface area contributed by atoms with E-state index in [2.05, 4.69) is 4.74 Å². The first-order valence-electron chi connectivity index (χ1n) is 6.24. The lowest BCUT2D eigenvalue weighted by Crippen LogP contribution is -2.14. The van der Waals surface area contributed by atoms with Gasteiger partial charge in [0.1, 0.15) is 10.5 Å². The van der Waals surface area contributed by atoms with Gasteiger partial charge in [-0.3, -0.25) is 0 Å². The number of hydrogen-bond donors (Lipinski definition) is 0. The van der Waals surface area contributed by atoms with Crippen molar-refractivity contribution in [2.45, 2.75) is 4.90 Å². The lowest BCUT2D eigenvalue weighted by atomic mass is 10.2. The minimum absolute atomic E-state index is 0.0308. The Morgan fingerprint density at radius 2 is 1.64 bits per heavy atom. The van der Waals surface area contributed by atoms with Crippen molar-refractivity contribution in [2.75, 3.05) is 14.2 Å². The van der Waals surface area contributed by atoms with Gasteiger partial charge in [0.05, 0.1) is 14.2 Å². The van der Waals surface area contributed by atoms with E-state index in [0.717, 1.165) is 0 Å². The standard InChI is InChI=1S/C15H14O6S/c1-19-13-10-6-9-12(15(16)20-2)14(13)21-22(17,18)11-7-4-3-5-8-11/h3-10H,1-2H3. The van der Waals surface area contributed by atoms with Crippen LogP contribution in [0.25, 0.3) is 0 Å². The van der Waals surface area contributed by atoms with E-state index in [1.165, 1.54) is 44.6 Å². The Morgan fingerprint density at radius 1 is 0.955 bits per heavy atom. The summed E-state index contributed by atoms with van der Waals surface area (Å²) in [6.07, 6.45) is 0. The van der Waals surface area contributed by atoms with Gasteiger partial charge in [0.15, 0.2) is 11.5 Å². The predicted octanol–water partition coefficient (Wildman–Crippen LogP) is 2.25. The number of para-hydroxylation sites is 1. The molecule has 0 atom stereocenters. The highest BCUT2D eigenvalue weighted by Gasteiger charge is 2.24. The minimum atomic E-state index is -4.10. The molecular weight excluding hydrogens is 308 g/mol. The van der Waals surface area contributed by atoms with E-state index in [-0.39, 0.29) is 22.0 Å². The smallest absolute Gasteiger partial charge is 0.341 e. The van der Waals surface area contributed by atoms with Crippen LogP contribution in [0.1, 0.15) is 10.4 Å². The molecule has 2 aromatic carbocycles. The third-order valence-corrected chi connectivity index (χ3v) is 4.06. The van der Waals surface area contributed by atoms with Gasteiger partial charge in [-0.2, -0.15) is 8.42 Å². The average Bonchev–Trinajstić information content (AvgIpc) is 2.55. The number of hydrogen-bond acceptors (Lipinski definition) is 6. The van der Waals surface area contributed by atoms with E-state index in [4.69, 9.17) is 8.92 Å². The Labute approximate surface area is 128 Å². The normalized spacial score (nSPS) is 10.8. The highest BCUT2D eigenvalue weighted by atomic mass is 32.2.